The highest BCUT2D eigenvalue weighted by Crippen LogP contribution is 2.29. The Hall–Kier alpha value is -0.530. The molecule has 0 spiro atoms. The molecular formula is C14H18Cl2N3OS2+. The molecule has 8 heteroatoms. The van der Waals surface area contributed by atoms with Crippen molar-refractivity contribution in [3.05, 3.63) is 28.2 Å². The first-order valence-electron chi connectivity index (χ1n) is 6.94. The van der Waals surface area contributed by atoms with Crippen LogP contribution in [-0.2, 0) is 4.79 Å². The van der Waals surface area contributed by atoms with Crippen molar-refractivity contribution in [1.29, 1.82) is 0 Å². The molecule has 0 bridgehead atoms. The molecule has 1 aromatic carbocycles. The number of carbonyl (C=O) groups is 1. The van der Waals surface area contributed by atoms with Crippen LogP contribution in [-0.4, -0.2) is 54.1 Å². The van der Waals surface area contributed by atoms with Gasteiger partial charge in [0.05, 0.1) is 54.7 Å². The first kappa shape index (κ1) is 17.8. The number of quaternary nitrogens is 1. The third-order valence-corrected chi connectivity index (χ3v) is 5.77. The number of rotatable bonds is 3. The van der Waals surface area contributed by atoms with E-state index >= 15 is 0 Å². The number of amides is 1. The lowest BCUT2D eigenvalue weighted by Crippen LogP contribution is -3.12. The quantitative estimate of drug-likeness (QED) is 0.786. The molecule has 1 heterocycles. The van der Waals surface area contributed by atoms with Gasteiger partial charge >= 0.3 is 0 Å². The van der Waals surface area contributed by atoms with E-state index in [9.17, 15) is 4.79 Å². The maximum atomic E-state index is 12.0. The highest BCUT2D eigenvalue weighted by atomic mass is 35.5. The molecule has 0 aliphatic carbocycles. The number of anilines is 1. The molecule has 0 saturated carbocycles. The Balaban J connectivity index is 1.80. The lowest BCUT2D eigenvalue weighted by atomic mass is 10.3. The Morgan fingerprint density at radius 3 is 2.77 bits per heavy atom. The number of piperazine rings is 1. The minimum atomic E-state index is -0.142. The van der Waals surface area contributed by atoms with Gasteiger partial charge in [0.2, 0.25) is 5.91 Å². The highest BCUT2D eigenvalue weighted by molar-refractivity contribution is 8.23. The van der Waals surface area contributed by atoms with Crippen molar-refractivity contribution in [2.24, 2.45) is 0 Å². The van der Waals surface area contributed by atoms with Gasteiger partial charge in [-0.2, -0.15) is 0 Å². The van der Waals surface area contributed by atoms with E-state index in [-0.39, 0.29) is 11.7 Å². The van der Waals surface area contributed by atoms with Gasteiger partial charge in [0.1, 0.15) is 4.32 Å². The number of benzene rings is 1. The SMILES string of the molecule is C[NH+]1CCN(C(=S)SCC(=O)Nc2cccc(Cl)c2Cl)CC1. The molecule has 1 fully saturated rings. The molecule has 0 atom stereocenters. The number of thioether (sulfide) groups is 1. The van der Waals surface area contributed by atoms with E-state index in [4.69, 9.17) is 35.4 Å². The van der Waals surface area contributed by atoms with Crippen molar-refractivity contribution in [3.63, 3.8) is 0 Å². The van der Waals surface area contributed by atoms with Crippen LogP contribution in [0.25, 0.3) is 0 Å². The largest absolute Gasteiger partial charge is 0.346 e. The van der Waals surface area contributed by atoms with Crippen molar-refractivity contribution in [2.45, 2.75) is 0 Å². The molecule has 22 heavy (non-hydrogen) atoms. The van der Waals surface area contributed by atoms with Crippen molar-refractivity contribution in [2.75, 3.05) is 44.3 Å². The smallest absolute Gasteiger partial charge is 0.234 e. The van der Waals surface area contributed by atoms with E-state index in [1.807, 2.05) is 0 Å². The van der Waals surface area contributed by atoms with Crippen molar-refractivity contribution >= 4 is 63.1 Å². The van der Waals surface area contributed by atoms with Crippen LogP contribution in [0, 0.1) is 0 Å². The number of hydrogen-bond acceptors (Lipinski definition) is 3. The molecule has 1 saturated heterocycles. The predicted octanol–water partition coefficient (Wildman–Crippen LogP) is 1.78. The molecular weight excluding hydrogens is 361 g/mol. The van der Waals surface area contributed by atoms with Crippen LogP contribution in [0.4, 0.5) is 5.69 Å². The second kappa shape index (κ2) is 8.36. The molecule has 1 amide bonds. The lowest BCUT2D eigenvalue weighted by molar-refractivity contribution is -0.883. The number of nitrogens with one attached hydrogen (secondary N) is 2. The van der Waals surface area contributed by atoms with Crippen LogP contribution in [0.5, 0.6) is 0 Å². The van der Waals surface area contributed by atoms with E-state index in [1.54, 1.807) is 18.2 Å². The van der Waals surface area contributed by atoms with E-state index in [1.165, 1.54) is 16.7 Å². The summed E-state index contributed by atoms with van der Waals surface area (Å²) in [5.74, 6) is 0.122. The van der Waals surface area contributed by atoms with E-state index in [2.05, 4.69) is 17.3 Å². The van der Waals surface area contributed by atoms with Gasteiger partial charge in [0, 0.05) is 0 Å². The molecule has 4 nitrogen and oxygen atoms in total. The molecule has 120 valence electrons. The zero-order chi connectivity index (χ0) is 16.1. The Morgan fingerprint density at radius 1 is 1.41 bits per heavy atom. The average molecular weight is 379 g/mol. The van der Waals surface area contributed by atoms with Gasteiger partial charge < -0.3 is 15.1 Å². The van der Waals surface area contributed by atoms with Gasteiger partial charge in [-0.15, -0.1) is 0 Å². The van der Waals surface area contributed by atoms with E-state index in [0.29, 0.717) is 15.7 Å². The average Bonchev–Trinajstić information content (AvgIpc) is 2.50. The first-order chi connectivity index (χ1) is 10.5. The zero-order valence-corrected chi connectivity index (χ0v) is 15.3. The summed E-state index contributed by atoms with van der Waals surface area (Å²) >= 11 is 18.7. The standard InChI is InChI=1S/C14H17Cl2N3OS2/c1-18-5-7-19(8-6-18)14(21)22-9-12(20)17-11-4-2-3-10(15)13(11)16/h2-4H,5-9H2,1H3,(H,17,20)/p+1. The molecule has 1 aromatic rings. The van der Waals surface area contributed by atoms with Gasteiger partial charge in [-0.25, -0.2) is 0 Å². The van der Waals surface area contributed by atoms with Crippen LogP contribution in [0.2, 0.25) is 10.0 Å². The maximum absolute atomic E-state index is 12.0. The number of thiocarbonyl (C=S) groups is 1. The Morgan fingerprint density at radius 2 is 2.09 bits per heavy atom. The third kappa shape index (κ3) is 4.99. The normalized spacial score (nSPS) is 15.7. The summed E-state index contributed by atoms with van der Waals surface area (Å²) in [5, 5.41) is 3.53. The second-order valence-corrected chi connectivity index (χ2v) is 7.54. The van der Waals surface area contributed by atoms with Crippen LogP contribution < -0.4 is 10.2 Å². The monoisotopic (exact) mass is 378 g/mol. The third-order valence-electron chi connectivity index (χ3n) is 3.43. The van der Waals surface area contributed by atoms with Crippen molar-refractivity contribution < 1.29 is 9.69 Å². The molecule has 0 unspecified atom stereocenters. The maximum Gasteiger partial charge on any atom is 0.234 e. The van der Waals surface area contributed by atoms with Crippen LogP contribution >= 0.6 is 47.2 Å². The van der Waals surface area contributed by atoms with Crippen LogP contribution in [0.3, 0.4) is 0 Å². The number of halogens is 2. The topological polar surface area (TPSA) is 36.8 Å². The Kier molecular flexibility index (Phi) is 6.77. The van der Waals surface area contributed by atoms with Crippen LogP contribution in [0.1, 0.15) is 0 Å². The minimum absolute atomic E-state index is 0.142. The second-order valence-electron chi connectivity index (χ2n) is 5.15. The van der Waals surface area contributed by atoms with E-state index in [0.717, 1.165) is 30.5 Å². The molecule has 2 rings (SSSR count). The molecule has 0 aromatic heterocycles. The van der Waals surface area contributed by atoms with E-state index < -0.39 is 0 Å². The van der Waals surface area contributed by atoms with Gasteiger partial charge in [0.25, 0.3) is 0 Å². The fourth-order valence-corrected chi connectivity index (χ4v) is 3.48. The summed E-state index contributed by atoms with van der Waals surface area (Å²) < 4.78 is 0.778. The van der Waals surface area contributed by atoms with Gasteiger partial charge in [-0.3, -0.25) is 4.79 Å². The molecule has 1 aliphatic rings. The number of likely N-dealkylation sites (N-methyl/N-ethyl adjacent to an activating group) is 1. The van der Waals surface area contributed by atoms with Crippen molar-refractivity contribution in [1.82, 2.24) is 4.90 Å². The lowest BCUT2D eigenvalue weighted by Gasteiger charge is -2.31. The van der Waals surface area contributed by atoms with Gasteiger partial charge in [-0.1, -0.05) is 53.2 Å². The number of hydrogen-bond donors (Lipinski definition) is 2. The summed E-state index contributed by atoms with van der Waals surface area (Å²) in [6, 6.07) is 5.14. The number of nitrogens with zero attached hydrogens (tertiary/aromatic N) is 1. The predicted molar refractivity (Wildman–Crippen MR) is 98.3 cm³/mol. The Bertz CT molecular complexity index is 563. The Labute approximate surface area is 150 Å². The summed E-state index contributed by atoms with van der Waals surface area (Å²) in [7, 11) is 2.18. The van der Waals surface area contributed by atoms with Crippen LogP contribution in [0.15, 0.2) is 18.2 Å². The molecule has 0 radical (unpaired) electrons. The molecule has 1 aliphatic heterocycles. The molecule has 2 N–H and O–H groups in total. The fraction of sp³-hybridized carbons (Fsp3) is 0.429. The fourth-order valence-electron chi connectivity index (χ4n) is 2.08. The summed E-state index contributed by atoms with van der Waals surface area (Å²) in [6.45, 7) is 4.04. The van der Waals surface area contributed by atoms with Crippen molar-refractivity contribution in [3.8, 4) is 0 Å². The number of carbonyl (C=O) groups excluding carboxylic acids is 1. The van der Waals surface area contributed by atoms with Gasteiger partial charge in [0.15, 0.2) is 0 Å². The summed E-state index contributed by atoms with van der Waals surface area (Å²) in [5.41, 5.74) is 0.522. The van der Waals surface area contributed by atoms with Gasteiger partial charge in [-0.05, 0) is 12.1 Å². The summed E-state index contributed by atoms with van der Waals surface area (Å²) in [6.07, 6.45) is 0. The zero-order valence-electron chi connectivity index (χ0n) is 12.2. The first-order valence-corrected chi connectivity index (χ1v) is 9.09. The summed E-state index contributed by atoms with van der Waals surface area (Å²) in [4.78, 5) is 15.7. The minimum Gasteiger partial charge on any atom is -0.346 e. The highest BCUT2D eigenvalue weighted by Gasteiger charge is 2.19.